The Morgan fingerprint density at radius 2 is 1.93 bits per heavy atom. The number of nitrogens with zero attached hydrogens (tertiary/aromatic N) is 1. The van der Waals surface area contributed by atoms with E-state index in [9.17, 15) is 14.7 Å². The van der Waals surface area contributed by atoms with E-state index in [1.165, 1.54) is 7.11 Å². The Hall–Kier alpha value is -3.12. The van der Waals surface area contributed by atoms with Crippen LogP contribution in [0.25, 0.3) is 11.1 Å². The molecular weight excluding hydrogens is 368 g/mol. The van der Waals surface area contributed by atoms with Crippen LogP contribution in [0, 0.1) is 0 Å². The standard InChI is InChI=1S/C23H26N2O4/c1-14-11-20(15(2)24-13-26)21-12-19(9-10-22(21)25(14)16(3)27)17-5-7-18(8-6-17)23(28)29-4/h5-10,12-14,16,20,27H,2,11H2,1,3-4H3,(H,24,26). The first-order valence-electron chi connectivity index (χ1n) is 9.55. The molecule has 0 saturated carbocycles. The zero-order valence-corrected chi connectivity index (χ0v) is 16.9. The molecule has 2 N–H and O–H groups in total. The summed E-state index contributed by atoms with van der Waals surface area (Å²) in [6, 6.07) is 13.3. The van der Waals surface area contributed by atoms with Gasteiger partial charge in [-0.1, -0.05) is 24.8 Å². The van der Waals surface area contributed by atoms with Crippen molar-refractivity contribution in [1.29, 1.82) is 0 Å². The van der Waals surface area contributed by atoms with Crippen LogP contribution >= 0.6 is 0 Å². The van der Waals surface area contributed by atoms with E-state index in [2.05, 4.69) is 24.9 Å². The van der Waals surface area contributed by atoms with E-state index in [0.717, 1.165) is 28.8 Å². The number of anilines is 1. The lowest BCUT2D eigenvalue weighted by atomic mass is 9.82. The number of benzene rings is 2. The van der Waals surface area contributed by atoms with E-state index >= 15 is 0 Å². The summed E-state index contributed by atoms with van der Waals surface area (Å²) < 4.78 is 4.75. The van der Waals surface area contributed by atoms with Crippen molar-refractivity contribution >= 4 is 18.1 Å². The number of aliphatic hydroxyl groups excluding tert-OH is 1. The van der Waals surface area contributed by atoms with Crippen LogP contribution in [-0.2, 0) is 9.53 Å². The van der Waals surface area contributed by atoms with Gasteiger partial charge in [0.2, 0.25) is 6.41 Å². The number of ether oxygens (including phenoxy) is 1. The Kier molecular flexibility index (Phi) is 6.03. The third-order valence-electron chi connectivity index (χ3n) is 5.44. The minimum Gasteiger partial charge on any atom is -0.465 e. The average Bonchev–Trinajstić information content (AvgIpc) is 2.72. The van der Waals surface area contributed by atoms with Gasteiger partial charge < -0.3 is 20.1 Å². The molecule has 1 aliphatic rings. The van der Waals surface area contributed by atoms with Crippen LogP contribution in [0.2, 0.25) is 0 Å². The monoisotopic (exact) mass is 394 g/mol. The summed E-state index contributed by atoms with van der Waals surface area (Å²) in [5.74, 6) is -0.436. The molecule has 0 aliphatic carbocycles. The Labute approximate surface area is 170 Å². The normalized spacial score (nSPS) is 19.1. The molecule has 3 atom stereocenters. The van der Waals surface area contributed by atoms with E-state index in [1.807, 2.05) is 29.2 Å². The maximum atomic E-state index is 11.7. The van der Waals surface area contributed by atoms with E-state index in [-0.39, 0.29) is 17.9 Å². The van der Waals surface area contributed by atoms with Crippen molar-refractivity contribution in [3.8, 4) is 11.1 Å². The molecule has 0 saturated heterocycles. The summed E-state index contributed by atoms with van der Waals surface area (Å²) in [5.41, 5.74) is 4.98. The third-order valence-corrected chi connectivity index (χ3v) is 5.44. The van der Waals surface area contributed by atoms with Crippen LogP contribution in [-0.4, -0.2) is 36.9 Å². The van der Waals surface area contributed by atoms with E-state index < -0.39 is 6.23 Å². The Bertz CT molecular complexity index is 921. The molecule has 1 amide bonds. The predicted octanol–water partition coefficient (Wildman–Crippen LogP) is 3.42. The minimum absolute atomic E-state index is 0.0607. The SMILES string of the molecule is C=C(NC=O)C1CC(C)N(C(C)O)c2ccc(-c3ccc(C(=O)OC)cc3)cc21. The molecule has 1 heterocycles. The molecule has 2 aromatic carbocycles. The van der Waals surface area contributed by atoms with Crippen LogP contribution in [0.4, 0.5) is 5.69 Å². The molecule has 6 heteroatoms. The summed E-state index contributed by atoms with van der Waals surface area (Å²) in [6.45, 7) is 7.84. The molecular formula is C23H26N2O4. The van der Waals surface area contributed by atoms with Crippen molar-refractivity contribution in [2.24, 2.45) is 0 Å². The second-order valence-corrected chi connectivity index (χ2v) is 7.31. The fourth-order valence-corrected chi connectivity index (χ4v) is 4.06. The highest BCUT2D eigenvalue weighted by Gasteiger charge is 2.33. The maximum Gasteiger partial charge on any atom is 0.337 e. The number of esters is 1. The Morgan fingerprint density at radius 3 is 2.52 bits per heavy atom. The zero-order valence-electron chi connectivity index (χ0n) is 16.9. The molecule has 3 rings (SSSR count). The van der Waals surface area contributed by atoms with Crippen molar-refractivity contribution in [2.75, 3.05) is 12.0 Å². The van der Waals surface area contributed by atoms with Gasteiger partial charge in [-0.25, -0.2) is 4.79 Å². The number of methoxy groups -OCH3 is 1. The number of hydrogen-bond donors (Lipinski definition) is 2. The van der Waals surface area contributed by atoms with Crippen LogP contribution in [0.15, 0.2) is 54.7 Å². The summed E-state index contributed by atoms with van der Waals surface area (Å²) in [4.78, 5) is 24.6. The van der Waals surface area contributed by atoms with Gasteiger partial charge in [0.25, 0.3) is 0 Å². The maximum absolute atomic E-state index is 11.7. The average molecular weight is 394 g/mol. The Morgan fingerprint density at radius 1 is 1.28 bits per heavy atom. The highest BCUT2D eigenvalue weighted by molar-refractivity contribution is 5.90. The predicted molar refractivity (Wildman–Crippen MR) is 113 cm³/mol. The van der Waals surface area contributed by atoms with Gasteiger partial charge in [0.1, 0.15) is 6.23 Å². The van der Waals surface area contributed by atoms with Crippen LogP contribution < -0.4 is 10.2 Å². The van der Waals surface area contributed by atoms with Crippen molar-refractivity contribution in [2.45, 2.75) is 38.5 Å². The van der Waals surface area contributed by atoms with Gasteiger partial charge in [-0.05, 0) is 61.2 Å². The van der Waals surface area contributed by atoms with Gasteiger partial charge in [-0.2, -0.15) is 0 Å². The van der Waals surface area contributed by atoms with E-state index in [4.69, 9.17) is 4.74 Å². The van der Waals surface area contributed by atoms with Crippen LogP contribution in [0.3, 0.4) is 0 Å². The van der Waals surface area contributed by atoms with Gasteiger partial charge in [-0.15, -0.1) is 0 Å². The van der Waals surface area contributed by atoms with Gasteiger partial charge in [0.15, 0.2) is 0 Å². The number of allylic oxidation sites excluding steroid dienone is 1. The first-order valence-corrected chi connectivity index (χ1v) is 9.55. The lowest BCUT2D eigenvalue weighted by molar-refractivity contribution is -0.109. The molecule has 3 unspecified atom stereocenters. The van der Waals surface area contributed by atoms with Gasteiger partial charge in [0.05, 0.1) is 12.7 Å². The molecule has 2 aromatic rings. The molecule has 152 valence electrons. The Balaban J connectivity index is 2.05. The summed E-state index contributed by atoms with van der Waals surface area (Å²) >= 11 is 0. The largest absolute Gasteiger partial charge is 0.465 e. The first-order chi connectivity index (χ1) is 13.9. The van der Waals surface area contributed by atoms with Gasteiger partial charge >= 0.3 is 5.97 Å². The third kappa shape index (κ3) is 4.03. The molecule has 0 fully saturated rings. The van der Waals surface area contributed by atoms with Crippen molar-refractivity contribution in [3.63, 3.8) is 0 Å². The molecule has 0 spiro atoms. The number of hydrogen-bond acceptors (Lipinski definition) is 5. The van der Waals surface area contributed by atoms with Crippen molar-refractivity contribution in [1.82, 2.24) is 5.32 Å². The fraction of sp³-hybridized carbons (Fsp3) is 0.304. The molecule has 0 radical (unpaired) electrons. The lowest BCUT2D eigenvalue weighted by Crippen LogP contribution is -2.45. The first kappa shape index (κ1) is 20.6. The highest BCUT2D eigenvalue weighted by Crippen LogP contribution is 2.43. The summed E-state index contributed by atoms with van der Waals surface area (Å²) in [6.07, 6.45) is 0.730. The second-order valence-electron chi connectivity index (χ2n) is 7.31. The summed E-state index contributed by atoms with van der Waals surface area (Å²) in [5, 5.41) is 13.0. The van der Waals surface area contributed by atoms with E-state index in [1.54, 1.807) is 19.1 Å². The number of fused-ring (bicyclic) bond motifs is 1. The molecule has 6 nitrogen and oxygen atoms in total. The number of carbonyl (C=O) groups is 2. The topological polar surface area (TPSA) is 78.9 Å². The zero-order chi connectivity index (χ0) is 21.1. The second kappa shape index (κ2) is 8.49. The number of amides is 1. The van der Waals surface area contributed by atoms with Crippen LogP contribution in [0.5, 0.6) is 0 Å². The van der Waals surface area contributed by atoms with Crippen LogP contribution in [0.1, 0.15) is 42.1 Å². The lowest BCUT2D eigenvalue weighted by Gasteiger charge is -2.43. The quantitative estimate of drug-likeness (QED) is 0.580. The smallest absolute Gasteiger partial charge is 0.337 e. The van der Waals surface area contributed by atoms with Gasteiger partial charge in [0, 0.05) is 23.3 Å². The minimum atomic E-state index is -0.637. The highest BCUT2D eigenvalue weighted by atomic mass is 16.5. The molecule has 0 aromatic heterocycles. The molecule has 29 heavy (non-hydrogen) atoms. The van der Waals surface area contributed by atoms with E-state index in [0.29, 0.717) is 17.7 Å². The number of nitrogens with one attached hydrogen (secondary N) is 1. The number of rotatable bonds is 6. The number of aliphatic hydroxyl groups is 1. The summed E-state index contributed by atoms with van der Waals surface area (Å²) in [7, 11) is 1.36. The molecule has 0 bridgehead atoms. The van der Waals surface area contributed by atoms with Crippen molar-refractivity contribution in [3.05, 3.63) is 65.9 Å². The van der Waals surface area contributed by atoms with Gasteiger partial charge in [-0.3, -0.25) is 4.79 Å². The van der Waals surface area contributed by atoms with Crippen molar-refractivity contribution < 1.29 is 19.4 Å². The fourth-order valence-electron chi connectivity index (χ4n) is 4.06. The number of carbonyl (C=O) groups excluding carboxylic acids is 2. The molecule has 1 aliphatic heterocycles.